The Labute approximate surface area is 112 Å². The minimum Gasteiger partial charge on any atom is -0.508 e. The maximum absolute atomic E-state index is 12.1. The molecule has 4 nitrogen and oxygen atoms in total. The molecule has 0 bridgehead atoms. The Balaban J connectivity index is 2.97. The fourth-order valence-electron chi connectivity index (χ4n) is 1.69. The van der Waals surface area contributed by atoms with Gasteiger partial charge in [0.1, 0.15) is 5.75 Å². The largest absolute Gasteiger partial charge is 0.508 e. The van der Waals surface area contributed by atoms with E-state index in [4.69, 9.17) is 11.6 Å². The summed E-state index contributed by atoms with van der Waals surface area (Å²) in [5, 5.41) is 21.8. The number of aliphatic hydroxyl groups excluding tert-OH is 1. The number of phenolic OH excluding ortho intramolecular Hbond substituents is 1. The van der Waals surface area contributed by atoms with Crippen molar-refractivity contribution >= 4 is 17.5 Å². The predicted octanol–water partition coefficient (Wildman–Crippen LogP) is 2.33. The Morgan fingerprint density at radius 3 is 2.50 bits per heavy atom. The molecule has 0 aliphatic rings. The second kappa shape index (κ2) is 6.07. The number of amides is 1. The van der Waals surface area contributed by atoms with Crippen LogP contribution in [0.4, 0.5) is 0 Å². The average Bonchev–Trinajstić information content (AvgIpc) is 2.38. The normalized spacial score (nSPS) is 11.3. The van der Waals surface area contributed by atoms with Gasteiger partial charge in [-0.2, -0.15) is 0 Å². The molecule has 0 aliphatic heterocycles. The minimum absolute atomic E-state index is 0.0212. The van der Waals surface area contributed by atoms with E-state index in [0.717, 1.165) is 0 Å². The summed E-state index contributed by atoms with van der Waals surface area (Å²) in [6, 6.07) is 4.19. The molecule has 18 heavy (non-hydrogen) atoms. The quantitative estimate of drug-likeness (QED) is 0.770. The highest BCUT2D eigenvalue weighted by Gasteiger charge is 2.28. The van der Waals surface area contributed by atoms with Gasteiger partial charge in [-0.05, 0) is 31.0 Å². The van der Waals surface area contributed by atoms with E-state index >= 15 is 0 Å². The molecular weight excluding hydrogens is 254 g/mol. The molecule has 0 aliphatic carbocycles. The summed E-state index contributed by atoms with van der Waals surface area (Å²) in [6.07, 6.45) is 1.23. The third-order valence-electron chi connectivity index (χ3n) is 3.23. The lowest BCUT2D eigenvalue weighted by molar-refractivity contribution is 0.0817. The monoisotopic (exact) mass is 271 g/mol. The number of benzene rings is 1. The van der Waals surface area contributed by atoms with E-state index in [2.05, 4.69) is 5.32 Å². The lowest BCUT2D eigenvalue weighted by Gasteiger charge is -2.30. The van der Waals surface area contributed by atoms with Crippen LogP contribution >= 0.6 is 11.6 Å². The van der Waals surface area contributed by atoms with Gasteiger partial charge in [0.05, 0.1) is 22.7 Å². The Kier molecular flexibility index (Phi) is 4.99. The van der Waals surface area contributed by atoms with Crippen LogP contribution in [-0.4, -0.2) is 28.3 Å². The minimum atomic E-state index is -0.647. The highest BCUT2D eigenvalue weighted by Crippen LogP contribution is 2.23. The molecule has 0 unspecified atom stereocenters. The van der Waals surface area contributed by atoms with Gasteiger partial charge in [0, 0.05) is 0 Å². The first-order chi connectivity index (χ1) is 8.48. The molecule has 1 aromatic carbocycles. The zero-order valence-corrected chi connectivity index (χ0v) is 11.3. The maximum atomic E-state index is 12.1. The molecule has 1 aromatic rings. The number of hydrogen-bond acceptors (Lipinski definition) is 3. The fraction of sp³-hybridized carbons (Fsp3) is 0.462. The van der Waals surface area contributed by atoms with Gasteiger partial charge in [-0.25, -0.2) is 0 Å². The van der Waals surface area contributed by atoms with E-state index in [1.54, 1.807) is 0 Å². The molecule has 0 heterocycles. The molecule has 0 atom stereocenters. The van der Waals surface area contributed by atoms with Gasteiger partial charge in [0.2, 0.25) is 0 Å². The van der Waals surface area contributed by atoms with Crippen molar-refractivity contribution in [2.24, 2.45) is 0 Å². The van der Waals surface area contributed by atoms with Gasteiger partial charge >= 0.3 is 0 Å². The molecule has 3 N–H and O–H groups in total. The number of carbonyl (C=O) groups is 1. The number of aromatic hydroxyl groups is 1. The van der Waals surface area contributed by atoms with Crippen molar-refractivity contribution in [2.45, 2.75) is 32.2 Å². The SMILES string of the molecule is CCC(CC)(CO)NC(=O)c1cc(O)ccc1Cl. The van der Waals surface area contributed by atoms with Crippen molar-refractivity contribution in [3.05, 3.63) is 28.8 Å². The van der Waals surface area contributed by atoms with Crippen LogP contribution in [0.5, 0.6) is 5.75 Å². The molecule has 100 valence electrons. The van der Waals surface area contributed by atoms with Gasteiger partial charge in [-0.1, -0.05) is 25.4 Å². The van der Waals surface area contributed by atoms with E-state index in [-0.39, 0.29) is 22.9 Å². The highest BCUT2D eigenvalue weighted by atomic mass is 35.5. The topological polar surface area (TPSA) is 69.6 Å². The zero-order chi connectivity index (χ0) is 13.8. The van der Waals surface area contributed by atoms with Gasteiger partial charge in [-0.3, -0.25) is 4.79 Å². The first-order valence-corrected chi connectivity index (χ1v) is 6.27. The Morgan fingerprint density at radius 1 is 1.39 bits per heavy atom. The molecule has 1 amide bonds. The van der Waals surface area contributed by atoms with Crippen molar-refractivity contribution in [3.63, 3.8) is 0 Å². The predicted molar refractivity (Wildman–Crippen MR) is 71.0 cm³/mol. The molecular formula is C13H18ClNO3. The Morgan fingerprint density at radius 2 is 2.00 bits per heavy atom. The van der Waals surface area contributed by atoms with Crippen LogP contribution in [0.3, 0.4) is 0 Å². The van der Waals surface area contributed by atoms with Crippen molar-refractivity contribution in [2.75, 3.05) is 6.61 Å². The second-order valence-corrected chi connectivity index (χ2v) is 4.67. The smallest absolute Gasteiger partial charge is 0.253 e. The van der Waals surface area contributed by atoms with E-state index in [9.17, 15) is 15.0 Å². The summed E-state index contributed by atoms with van der Waals surface area (Å²) >= 11 is 5.92. The number of nitrogens with one attached hydrogen (secondary N) is 1. The zero-order valence-electron chi connectivity index (χ0n) is 10.5. The van der Waals surface area contributed by atoms with Crippen LogP contribution in [0.15, 0.2) is 18.2 Å². The molecule has 5 heteroatoms. The standard InChI is InChI=1S/C13H18ClNO3/c1-3-13(4-2,8-16)15-12(18)10-7-9(17)5-6-11(10)14/h5-7,16-17H,3-4,8H2,1-2H3,(H,15,18). The number of phenols is 1. The number of rotatable bonds is 5. The van der Waals surface area contributed by atoms with Crippen molar-refractivity contribution in [1.29, 1.82) is 0 Å². The second-order valence-electron chi connectivity index (χ2n) is 4.26. The molecule has 0 fully saturated rings. The van der Waals surface area contributed by atoms with Crippen molar-refractivity contribution < 1.29 is 15.0 Å². The molecule has 0 saturated heterocycles. The van der Waals surface area contributed by atoms with E-state index in [1.807, 2.05) is 13.8 Å². The van der Waals surface area contributed by atoms with Gasteiger partial charge in [-0.15, -0.1) is 0 Å². The summed E-state index contributed by atoms with van der Waals surface area (Å²) in [5.74, 6) is -0.416. The lowest BCUT2D eigenvalue weighted by Crippen LogP contribution is -2.50. The van der Waals surface area contributed by atoms with Crippen LogP contribution < -0.4 is 5.32 Å². The molecule has 0 aromatic heterocycles. The van der Waals surface area contributed by atoms with Crippen LogP contribution in [0, 0.1) is 0 Å². The maximum Gasteiger partial charge on any atom is 0.253 e. The average molecular weight is 272 g/mol. The summed E-state index contributed by atoms with van der Waals surface area (Å²) in [4.78, 5) is 12.1. The van der Waals surface area contributed by atoms with Crippen LogP contribution in [-0.2, 0) is 0 Å². The van der Waals surface area contributed by atoms with E-state index in [0.29, 0.717) is 12.8 Å². The third-order valence-corrected chi connectivity index (χ3v) is 3.56. The molecule has 1 rings (SSSR count). The van der Waals surface area contributed by atoms with Gasteiger partial charge in [0.15, 0.2) is 0 Å². The number of halogens is 1. The number of aliphatic hydroxyl groups is 1. The number of carbonyl (C=O) groups excluding carboxylic acids is 1. The third kappa shape index (κ3) is 3.15. The van der Waals surface area contributed by atoms with Crippen LogP contribution in [0.1, 0.15) is 37.0 Å². The lowest BCUT2D eigenvalue weighted by atomic mass is 9.93. The summed E-state index contributed by atoms with van der Waals surface area (Å²) < 4.78 is 0. The van der Waals surface area contributed by atoms with E-state index < -0.39 is 11.4 Å². The molecule has 0 spiro atoms. The van der Waals surface area contributed by atoms with E-state index in [1.165, 1.54) is 18.2 Å². The summed E-state index contributed by atoms with van der Waals surface area (Å²) in [6.45, 7) is 3.65. The first-order valence-electron chi connectivity index (χ1n) is 5.90. The van der Waals surface area contributed by atoms with Crippen LogP contribution in [0.25, 0.3) is 0 Å². The van der Waals surface area contributed by atoms with Gasteiger partial charge in [0.25, 0.3) is 5.91 Å². The number of hydrogen-bond donors (Lipinski definition) is 3. The Hall–Kier alpha value is -1.26. The van der Waals surface area contributed by atoms with Crippen LogP contribution in [0.2, 0.25) is 5.02 Å². The summed E-state index contributed by atoms with van der Waals surface area (Å²) in [7, 11) is 0. The Bertz CT molecular complexity index is 422. The van der Waals surface area contributed by atoms with Crippen molar-refractivity contribution in [3.8, 4) is 5.75 Å². The summed E-state index contributed by atoms with van der Waals surface area (Å²) in [5.41, 5.74) is -0.442. The van der Waals surface area contributed by atoms with Crippen molar-refractivity contribution in [1.82, 2.24) is 5.32 Å². The van der Waals surface area contributed by atoms with Gasteiger partial charge < -0.3 is 15.5 Å². The first kappa shape index (κ1) is 14.8. The molecule has 0 saturated carbocycles. The highest BCUT2D eigenvalue weighted by molar-refractivity contribution is 6.33. The molecule has 0 radical (unpaired) electrons. The fourth-order valence-corrected chi connectivity index (χ4v) is 1.89.